The number of aliphatic hydroxyl groups excluding tert-OH is 1. The normalized spacial score (nSPS) is 19.2. The van der Waals surface area contributed by atoms with Crippen LogP contribution >= 0.6 is 0 Å². The summed E-state index contributed by atoms with van der Waals surface area (Å²) in [6.45, 7) is 1.52. The van der Waals surface area contributed by atoms with Gasteiger partial charge in [-0.05, 0) is 56.5 Å². The van der Waals surface area contributed by atoms with E-state index in [2.05, 4.69) is 16.6 Å². The van der Waals surface area contributed by atoms with Gasteiger partial charge in [0.25, 0.3) is 0 Å². The van der Waals surface area contributed by atoms with Crippen LogP contribution in [0.3, 0.4) is 0 Å². The molecule has 1 aliphatic heterocycles. The van der Waals surface area contributed by atoms with Crippen molar-refractivity contribution < 1.29 is 18.6 Å². The average molecular weight is 285 g/mol. The van der Waals surface area contributed by atoms with Gasteiger partial charge in [0.1, 0.15) is 5.75 Å². The number of rotatable bonds is 5. The molecule has 0 amide bonds. The van der Waals surface area contributed by atoms with Crippen LogP contribution in [0.25, 0.3) is 0 Å². The Morgan fingerprint density at radius 1 is 1.25 bits per heavy atom. The van der Waals surface area contributed by atoms with Gasteiger partial charge in [0.15, 0.2) is 0 Å². The lowest BCUT2D eigenvalue weighted by Gasteiger charge is -2.35. The predicted molar refractivity (Wildman–Crippen MR) is 72.9 cm³/mol. The highest BCUT2D eigenvalue weighted by Gasteiger charge is 2.23. The fraction of sp³-hybridized carbons (Fsp3) is 0.600. The molecule has 1 aromatic carbocycles. The van der Waals surface area contributed by atoms with E-state index in [0.29, 0.717) is 5.92 Å². The quantitative estimate of drug-likeness (QED) is 0.902. The van der Waals surface area contributed by atoms with Crippen LogP contribution in [-0.2, 0) is 0 Å². The minimum absolute atomic E-state index is 0.190. The molecule has 2 rings (SSSR count). The second-order valence-corrected chi connectivity index (χ2v) is 5.29. The number of piperidine rings is 1. The molecule has 1 heterocycles. The topological polar surface area (TPSA) is 32.7 Å². The van der Waals surface area contributed by atoms with Gasteiger partial charge in [0.2, 0.25) is 0 Å². The lowest BCUT2D eigenvalue weighted by Crippen LogP contribution is -2.36. The van der Waals surface area contributed by atoms with E-state index in [4.69, 9.17) is 5.11 Å². The average Bonchev–Trinajstić information content (AvgIpc) is 2.47. The van der Waals surface area contributed by atoms with Crippen LogP contribution in [0.5, 0.6) is 5.75 Å². The maximum absolute atomic E-state index is 12.1. The summed E-state index contributed by atoms with van der Waals surface area (Å²) in [5.74, 6) is 0.607. The summed E-state index contributed by atoms with van der Waals surface area (Å²) in [5, 5.41) is 9.14. The summed E-state index contributed by atoms with van der Waals surface area (Å²) in [6, 6.07) is 7.08. The van der Waals surface area contributed by atoms with Crippen LogP contribution in [0.4, 0.5) is 8.78 Å². The van der Waals surface area contributed by atoms with E-state index < -0.39 is 6.61 Å². The summed E-state index contributed by atoms with van der Waals surface area (Å²) in [7, 11) is 0. The Labute approximate surface area is 118 Å². The summed E-state index contributed by atoms with van der Waals surface area (Å²) < 4.78 is 28.5. The molecular weight excluding hydrogens is 264 g/mol. The molecule has 0 spiro atoms. The largest absolute Gasteiger partial charge is 0.435 e. The SMILES string of the molecule is CC(c1ccc(OC(F)F)cc1)N1CCC(CO)CC1. The van der Waals surface area contributed by atoms with Crippen LogP contribution in [-0.4, -0.2) is 36.3 Å². The number of likely N-dealkylation sites (tertiary alicyclic amines) is 1. The highest BCUT2D eigenvalue weighted by atomic mass is 19.3. The van der Waals surface area contributed by atoms with E-state index in [1.807, 2.05) is 12.1 Å². The summed E-state index contributed by atoms with van der Waals surface area (Å²) in [5.41, 5.74) is 1.09. The minimum Gasteiger partial charge on any atom is -0.435 e. The maximum atomic E-state index is 12.1. The fourth-order valence-corrected chi connectivity index (χ4v) is 2.66. The molecule has 1 N–H and O–H groups in total. The zero-order chi connectivity index (χ0) is 14.5. The van der Waals surface area contributed by atoms with E-state index in [9.17, 15) is 8.78 Å². The maximum Gasteiger partial charge on any atom is 0.387 e. The first-order valence-electron chi connectivity index (χ1n) is 7.00. The van der Waals surface area contributed by atoms with Crippen molar-refractivity contribution in [2.24, 2.45) is 5.92 Å². The van der Waals surface area contributed by atoms with Crippen LogP contribution in [0, 0.1) is 5.92 Å². The van der Waals surface area contributed by atoms with Gasteiger partial charge in [-0.1, -0.05) is 12.1 Å². The lowest BCUT2D eigenvalue weighted by molar-refractivity contribution is -0.0498. The van der Waals surface area contributed by atoms with E-state index in [-0.39, 0.29) is 18.4 Å². The van der Waals surface area contributed by atoms with Crippen LogP contribution in [0.15, 0.2) is 24.3 Å². The summed E-state index contributed by atoms with van der Waals surface area (Å²) in [6.07, 6.45) is 2.01. The van der Waals surface area contributed by atoms with Gasteiger partial charge in [-0.25, -0.2) is 0 Å². The molecule has 1 aliphatic rings. The van der Waals surface area contributed by atoms with Gasteiger partial charge in [-0.2, -0.15) is 8.78 Å². The van der Waals surface area contributed by atoms with E-state index in [0.717, 1.165) is 31.5 Å². The highest BCUT2D eigenvalue weighted by Crippen LogP contribution is 2.27. The van der Waals surface area contributed by atoms with Gasteiger partial charge < -0.3 is 9.84 Å². The monoisotopic (exact) mass is 285 g/mol. The standard InChI is InChI=1S/C15H21F2NO2/c1-11(18-8-6-12(10-19)7-9-18)13-2-4-14(5-3-13)20-15(16)17/h2-5,11-12,15,19H,6-10H2,1H3. The van der Waals surface area contributed by atoms with Crippen molar-refractivity contribution in [3.8, 4) is 5.75 Å². The summed E-state index contributed by atoms with van der Waals surface area (Å²) in [4.78, 5) is 2.36. The molecule has 0 radical (unpaired) electrons. The molecule has 1 atom stereocenters. The minimum atomic E-state index is -2.78. The number of halogens is 2. The number of nitrogens with zero attached hydrogens (tertiary/aromatic N) is 1. The third-order valence-corrected chi connectivity index (χ3v) is 4.04. The number of ether oxygens (including phenoxy) is 1. The second kappa shape index (κ2) is 6.99. The van der Waals surface area contributed by atoms with Crippen molar-refractivity contribution in [1.29, 1.82) is 0 Å². The zero-order valence-corrected chi connectivity index (χ0v) is 11.6. The second-order valence-electron chi connectivity index (χ2n) is 5.29. The van der Waals surface area contributed by atoms with Gasteiger partial charge >= 0.3 is 6.61 Å². The first-order valence-corrected chi connectivity index (χ1v) is 7.00. The van der Waals surface area contributed by atoms with Crippen molar-refractivity contribution >= 4 is 0 Å². The molecule has 0 aromatic heterocycles. The van der Waals surface area contributed by atoms with Crippen LogP contribution in [0.2, 0.25) is 0 Å². The number of aliphatic hydroxyl groups is 1. The van der Waals surface area contributed by atoms with E-state index >= 15 is 0 Å². The van der Waals surface area contributed by atoms with Gasteiger partial charge in [0.05, 0.1) is 0 Å². The van der Waals surface area contributed by atoms with E-state index in [1.54, 1.807) is 12.1 Å². The van der Waals surface area contributed by atoms with Crippen molar-refractivity contribution in [2.75, 3.05) is 19.7 Å². The van der Waals surface area contributed by atoms with Crippen LogP contribution < -0.4 is 4.74 Å². The lowest BCUT2D eigenvalue weighted by atomic mass is 9.95. The smallest absolute Gasteiger partial charge is 0.387 e. The van der Waals surface area contributed by atoms with Gasteiger partial charge in [-0.15, -0.1) is 0 Å². The van der Waals surface area contributed by atoms with Crippen molar-refractivity contribution in [3.63, 3.8) is 0 Å². The third-order valence-electron chi connectivity index (χ3n) is 4.04. The molecular formula is C15H21F2NO2. The highest BCUT2D eigenvalue weighted by molar-refractivity contribution is 5.29. The molecule has 3 nitrogen and oxygen atoms in total. The number of hydrogen-bond acceptors (Lipinski definition) is 3. The Kier molecular flexibility index (Phi) is 5.31. The Morgan fingerprint density at radius 2 is 1.85 bits per heavy atom. The van der Waals surface area contributed by atoms with Crippen LogP contribution in [0.1, 0.15) is 31.4 Å². The molecule has 5 heteroatoms. The molecule has 112 valence electrons. The Bertz CT molecular complexity index is 403. The number of benzene rings is 1. The molecule has 0 bridgehead atoms. The van der Waals surface area contributed by atoms with Crippen molar-refractivity contribution in [2.45, 2.75) is 32.4 Å². The number of hydrogen-bond donors (Lipinski definition) is 1. The molecule has 1 unspecified atom stereocenters. The molecule has 0 saturated carbocycles. The van der Waals surface area contributed by atoms with Crippen molar-refractivity contribution in [3.05, 3.63) is 29.8 Å². The molecule has 20 heavy (non-hydrogen) atoms. The third kappa shape index (κ3) is 3.90. The zero-order valence-electron chi connectivity index (χ0n) is 11.6. The first kappa shape index (κ1) is 15.2. The predicted octanol–water partition coefficient (Wildman–Crippen LogP) is 3.05. The Hall–Kier alpha value is -1.20. The first-order chi connectivity index (χ1) is 9.60. The molecule has 0 aliphatic carbocycles. The number of alkyl halides is 2. The molecule has 1 aromatic rings. The summed E-state index contributed by atoms with van der Waals surface area (Å²) >= 11 is 0. The van der Waals surface area contributed by atoms with Crippen molar-refractivity contribution in [1.82, 2.24) is 4.90 Å². The van der Waals surface area contributed by atoms with Gasteiger partial charge in [-0.3, -0.25) is 4.90 Å². The Morgan fingerprint density at radius 3 is 2.35 bits per heavy atom. The molecule has 1 fully saturated rings. The molecule has 1 saturated heterocycles. The van der Waals surface area contributed by atoms with Gasteiger partial charge in [0, 0.05) is 12.6 Å². The fourth-order valence-electron chi connectivity index (χ4n) is 2.66. The van der Waals surface area contributed by atoms with E-state index in [1.165, 1.54) is 0 Å². The Balaban J connectivity index is 1.94.